The topological polar surface area (TPSA) is 28.8 Å². The first-order chi connectivity index (χ1) is 5.34. The lowest BCUT2D eigenvalue weighted by Crippen LogP contribution is -2.11. The highest BCUT2D eigenvalue weighted by Gasteiger charge is 1.78. The molecular weight excluding hydrogens is 136 g/mol. The Labute approximate surface area is 67.3 Å². The van der Waals surface area contributed by atoms with Gasteiger partial charge in [0, 0.05) is 12.4 Å². The van der Waals surface area contributed by atoms with Crippen LogP contribution in [0.5, 0.6) is 0 Å². The second-order valence-corrected chi connectivity index (χ2v) is 1.68. The molecule has 0 bridgehead atoms. The van der Waals surface area contributed by atoms with Crippen LogP contribution in [0, 0.1) is 5.41 Å². The van der Waals surface area contributed by atoms with E-state index in [1.54, 1.807) is 23.0 Å². The molecule has 2 heteroatoms. The van der Waals surface area contributed by atoms with Crippen molar-refractivity contribution in [1.82, 2.24) is 4.57 Å². The highest BCUT2D eigenvalue weighted by atomic mass is 14.9. The highest BCUT2D eigenvalue weighted by molar-refractivity contribution is 5.16. The van der Waals surface area contributed by atoms with E-state index in [2.05, 4.69) is 6.58 Å². The molecule has 0 amide bonds. The Morgan fingerprint density at radius 1 is 1.45 bits per heavy atom. The lowest BCUT2D eigenvalue weighted by molar-refractivity contribution is 0.977. The quantitative estimate of drug-likeness (QED) is 0.635. The second-order valence-electron chi connectivity index (χ2n) is 1.68. The van der Waals surface area contributed by atoms with Gasteiger partial charge in [-0.05, 0) is 12.1 Å². The van der Waals surface area contributed by atoms with E-state index in [4.69, 9.17) is 5.41 Å². The van der Waals surface area contributed by atoms with Crippen molar-refractivity contribution in [3.05, 3.63) is 36.5 Å². The summed E-state index contributed by atoms with van der Waals surface area (Å²) < 4.78 is 1.64. The van der Waals surface area contributed by atoms with Gasteiger partial charge in [0.25, 0.3) is 0 Å². The molecule has 0 radical (unpaired) electrons. The molecule has 60 valence electrons. The summed E-state index contributed by atoms with van der Waals surface area (Å²) >= 11 is 0. The molecule has 0 unspecified atom stereocenters. The summed E-state index contributed by atoms with van der Waals surface area (Å²) in [7, 11) is 0. The summed E-state index contributed by atoms with van der Waals surface area (Å²) in [6.45, 7) is 7.53. The Hall–Kier alpha value is -1.31. The third-order valence-electron chi connectivity index (χ3n) is 1.09. The molecule has 0 atom stereocenters. The van der Waals surface area contributed by atoms with Gasteiger partial charge >= 0.3 is 0 Å². The highest BCUT2D eigenvalue weighted by Crippen LogP contribution is 1.78. The zero-order valence-corrected chi connectivity index (χ0v) is 7.04. The van der Waals surface area contributed by atoms with Gasteiger partial charge < -0.3 is 4.57 Å². The Bertz CT molecular complexity index is 260. The smallest absolute Gasteiger partial charge is 0.128 e. The third-order valence-corrected chi connectivity index (χ3v) is 1.09. The van der Waals surface area contributed by atoms with Crippen LogP contribution >= 0.6 is 0 Å². The summed E-state index contributed by atoms with van der Waals surface area (Å²) in [5, 5.41) is 7.26. The molecule has 1 rings (SSSR count). The molecule has 0 aliphatic rings. The number of nitrogens with one attached hydrogen (secondary N) is 1. The molecule has 0 spiro atoms. The van der Waals surface area contributed by atoms with Gasteiger partial charge in [0.05, 0.1) is 0 Å². The number of rotatable bonds is 1. The maximum Gasteiger partial charge on any atom is 0.128 e. The van der Waals surface area contributed by atoms with Crippen molar-refractivity contribution in [1.29, 1.82) is 5.41 Å². The van der Waals surface area contributed by atoms with Crippen molar-refractivity contribution >= 4 is 6.20 Å². The Balaban J connectivity index is 0.000000461. The number of pyridine rings is 1. The summed E-state index contributed by atoms with van der Waals surface area (Å²) in [4.78, 5) is 0. The van der Waals surface area contributed by atoms with Crippen LogP contribution in [0.25, 0.3) is 6.20 Å². The monoisotopic (exact) mass is 150 g/mol. The van der Waals surface area contributed by atoms with Crippen molar-refractivity contribution < 1.29 is 0 Å². The van der Waals surface area contributed by atoms with Crippen LogP contribution < -0.4 is 5.49 Å². The normalized spacial score (nSPS) is 7.82. The van der Waals surface area contributed by atoms with Crippen LogP contribution in [0.1, 0.15) is 13.8 Å². The second kappa shape index (κ2) is 5.47. The summed E-state index contributed by atoms with van der Waals surface area (Å²) in [6, 6.07) is 5.39. The first-order valence-corrected chi connectivity index (χ1v) is 3.69. The van der Waals surface area contributed by atoms with Gasteiger partial charge in [0.2, 0.25) is 0 Å². The third kappa shape index (κ3) is 2.85. The maximum atomic E-state index is 7.26. The first kappa shape index (κ1) is 9.69. The van der Waals surface area contributed by atoms with Gasteiger partial charge in [-0.2, -0.15) is 0 Å². The number of nitrogens with zero attached hydrogens (tertiary/aromatic N) is 1. The van der Waals surface area contributed by atoms with Crippen molar-refractivity contribution in [3.8, 4) is 0 Å². The number of aromatic nitrogens is 1. The summed E-state index contributed by atoms with van der Waals surface area (Å²) in [6.07, 6.45) is 3.39. The van der Waals surface area contributed by atoms with Gasteiger partial charge in [-0.1, -0.05) is 26.5 Å². The van der Waals surface area contributed by atoms with E-state index in [9.17, 15) is 0 Å². The Kier molecular flexibility index (Phi) is 4.82. The number of hydrogen-bond acceptors (Lipinski definition) is 1. The van der Waals surface area contributed by atoms with Gasteiger partial charge in [-0.3, -0.25) is 5.41 Å². The van der Waals surface area contributed by atoms with E-state index in [-0.39, 0.29) is 0 Å². The van der Waals surface area contributed by atoms with Crippen LogP contribution in [0.4, 0.5) is 0 Å². The fourth-order valence-electron chi connectivity index (χ4n) is 0.615. The molecule has 1 N–H and O–H groups in total. The number of hydrogen-bond donors (Lipinski definition) is 1. The van der Waals surface area contributed by atoms with Gasteiger partial charge in [-0.15, -0.1) is 0 Å². The molecule has 0 aromatic carbocycles. The zero-order valence-electron chi connectivity index (χ0n) is 7.04. The van der Waals surface area contributed by atoms with Gasteiger partial charge in [0.15, 0.2) is 0 Å². The van der Waals surface area contributed by atoms with Crippen LogP contribution in [-0.4, -0.2) is 4.57 Å². The fourth-order valence-corrected chi connectivity index (χ4v) is 0.615. The molecule has 0 saturated heterocycles. The SMILES string of the molecule is C=Cn1ccccc1=N.CC. The molecule has 1 aromatic heterocycles. The average Bonchev–Trinajstić information content (AvgIpc) is 2.09. The molecule has 1 heterocycles. The molecule has 0 saturated carbocycles. The van der Waals surface area contributed by atoms with E-state index >= 15 is 0 Å². The summed E-state index contributed by atoms with van der Waals surface area (Å²) in [5.74, 6) is 0. The van der Waals surface area contributed by atoms with E-state index in [0.717, 1.165) is 0 Å². The molecule has 0 fully saturated rings. The lowest BCUT2D eigenvalue weighted by atomic mass is 10.5. The predicted molar refractivity (Wildman–Crippen MR) is 48.0 cm³/mol. The van der Waals surface area contributed by atoms with E-state index in [0.29, 0.717) is 5.49 Å². The lowest BCUT2D eigenvalue weighted by Gasteiger charge is -1.94. The fraction of sp³-hybridized carbons (Fsp3) is 0.222. The van der Waals surface area contributed by atoms with Crippen molar-refractivity contribution in [2.75, 3.05) is 0 Å². The van der Waals surface area contributed by atoms with Crippen molar-refractivity contribution in [3.63, 3.8) is 0 Å². The molecule has 0 aliphatic carbocycles. The molecule has 0 aliphatic heterocycles. The van der Waals surface area contributed by atoms with Crippen LogP contribution in [0.15, 0.2) is 31.0 Å². The maximum absolute atomic E-state index is 7.26. The minimum atomic E-state index is 0.451. The average molecular weight is 150 g/mol. The van der Waals surface area contributed by atoms with Crippen LogP contribution in [0.3, 0.4) is 0 Å². The van der Waals surface area contributed by atoms with Crippen molar-refractivity contribution in [2.45, 2.75) is 13.8 Å². The van der Waals surface area contributed by atoms with Crippen LogP contribution in [0.2, 0.25) is 0 Å². The molecule has 1 aromatic rings. The van der Waals surface area contributed by atoms with Crippen molar-refractivity contribution in [2.24, 2.45) is 0 Å². The standard InChI is InChI=1S/C7H8N2.C2H6/c1-2-9-6-4-3-5-7(9)8;1-2/h2-6,8H,1H2;1-2H3. The van der Waals surface area contributed by atoms with Gasteiger partial charge in [0.1, 0.15) is 5.49 Å². The molecule has 2 nitrogen and oxygen atoms in total. The minimum absolute atomic E-state index is 0.451. The van der Waals surface area contributed by atoms with Crippen LogP contribution in [-0.2, 0) is 0 Å². The largest absolute Gasteiger partial charge is 0.310 e. The minimum Gasteiger partial charge on any atom is -0.310 e. The predicted octanol–water partition coefficient (Wildman–Crippen LogP) is 2.09. The molecule has 11 heavy (non-hydrogen) atoms. The Morgan fingerprint density at radius 3 is 2.45 bits per heavy atom. The Morgan fingerprint density at radius 2 is 2.09 bits per heavy atom. The zero-order chi connectivity index (χ0) is 8.69. The van der Waals surface area contributed by atoms with E-state index in [1.807, 2.05) is 26.0 Å². The van der Waals surface area contributed by atoms with Gasteiger partial charge in [-0.25, -0.2) is 0 Å². The molecular formula is C9H14N2. The van der Waals surface area contributed by atoms with E-state index < -0.39 is 0 Å². The first-order valence-electron chi connectivity index (χ1n) is 3.69. The summed E-state index contributed by atoms with van der Waals surface area (Å²) in [5.41, 5.74) is 0.451. The van der Waals surface area contributed by atoms with E-state index in [1.165, 1.54) is 0 Å².